The third kappa shape index (κ3) is 5.53. The number of hydrogen-bond acceptors (Lipinski definition) is 6. The van der Waals surface area contributed by atoms with Gasteiger partial charge >= 0.3 is 5.97 Å². The van der Waals surface area contributed by atoms with Gasteiger partial charge in [0, 0.05) is 36.4 Å². The topological polar surface area (TPSA) is 107 Å². The van der Waals surface area contributed by atoms with Crippen LogP contribution in [0.4, 0.5) is 5.69 Å². The van der Waals surface area contributed by atoms with E-state index < -0.39 is 17.9 Å². The number of nitrogens with one attached hydrogen (secondary N) is 2. The molecule has 8 heteroatoms. The molecule has 0 aliphatic heterocycles. The molecule has 142 valence electrons. The Bertz CT molecular complexity index is 820. The van der Waals surface area contributed by atoms with Crippen LogP contribution in [0.3, 0.4) is 0 Å². The van der Waals surface area contributed by atoms with E-state index in [2.05, 4.69) is 15.6 Å². The van der Waals surface area contributed by atoms with Crippen molar-refractivity contribution in [3.63, 3.8) is 0 Å². The summed E-state index contributed by atoms with van der Waals surface area (Å²) in [5, 5.41) is 5.28. The molecule has 2 N–H and O–H groups in total. The Morgan fingerprint density at radius 2 is 1.81 bits per heavy atom. The normalized spacial score (nSPS) is 11.2. The minimum atomic E-state index is -0.907. The molecule has 2 amide bonds. The van der Waals surface area contributed by atoms with E-state index in [1.54, 1.807) is 42.6 Å². The van der Waals surface area contributed by atoms with Crippen LogP contribution in [0.1, 0.15) is 22.8 Å². The van der Waals surface area contributed by atoms with E-state index in [0.717, 1.165) is 0 Å². The van der Waals surface area contributed by atoms with E-state index in [-0.39, 0.29) is 12.3 Å². The Morgan fingerprint density at radius 3 is 2.41 bits per heavy atom. The lowest BCUT2D eigenvalue weighted by Crippen LogP contribution is -2.43. The van der Waals surface area contributed by atoms with Gasteiger partial charge in [-0.05, 0) is 30.3 Å². The smallest absolute Gasteiger partial charge is 0.328 e. The molecule has 0 spiro atoms. The molecule has 1 heterocycles. The minimum Gasteiger partial charge on any atom is -0.481 e. The van der Waals surface area contributed by atoms with Gasteiger partial charge in [0.2, 0.25) is 11.8 Å². The van der Waals surface area contributed by atoms with Gasteiger partial charge < -0.3 is 20.1 Å². The number of anilines is 1. The van der Waals surface area contributed by atoms with Crippen LogP contribution in [0.15, 0.2) is 42.6 Å². The van der Waals surface area contributed by atoms with Crippen molar-refractivity contribution in [2.45, 2.75) is 19.4 Å². The zero-order chi connectivity index (χ0) is 19.8. The molecule has 0 aliphatic rings. The van der Waals surface area contributed by atoms with E-state index >= 15 is 0 Å². The molecular formula is C19H21N3O5. The first-order valence-corrected chi connectivity index (χ1v) is 8.18. The van der Waals surface area contributed by atoms with E-state index in [9.17, 15) is 14.4 Å². The number of methoxy groups -OCH3 is 2. The van der Waals surface area contributed by atoms with E-state index in [1.165, 1.54) is 21.1 Å². The molecule has 27 heavy (non-hydrogen) atoms. The van der Waals surface area contributed by atoms with Gasteiger partial charge in [-0.1, -0.05) is 6.07 Å². The fourth-order valence-electron chi connectivity index (χ4n) is 2.47. The third-order valence-electron chi connectivity index (χ3n) is 3.73. The highest BCUT2D eigenvalue weighted by molar-refractivity contribution is 5.97. The summed E-state index contributed by atoms with van der Waals surface area (Å²) in [7, 11) is 2.73. The number of nitrogens with zero attached hydrogens (tertiary/aromatic N) is 1. The fourth-order valence-corrected chi connectivity index (χ4v) is 2.47. The van der Waals surface area contributed by atoms with Gasteiger partial charge in [-0.3, -0.25) is 9.59 Å². The van der Waals surface area contributed by atoms with Gasteiger partial charge in [-0.2, -0.15) is 0 Å². The van der Waals surface area contributed by atoms with E-state index in [0.29, 0.717) is 22.7 Å². The number of carbonyl (C=O) groups is 3. The zero-order valence-electron chi connectivity index (χ0n) is 15.3. The van der Waals surface area contributed by atoms with Crippen molar-refractivity contribution in [2.75, 3.05) is 19.5 Å². The molecule has 0 unspecified atom stereocenters. The lowest BCUT2D eigenvalue weighted by Gasteiger charge is -2.17. The number of ether oxygens (including phenoxy) is 2. The molecule has 0 saturated heterocycles. The molecule has 0 bridgehead atoms. The molecule has 1 atom stereocenters. The maximum Gasteiger partial charge on any atom is 0.328 e. The highest BCUT2D eigenvalue weighted by atomic mass is 16.5. The molecular weight excluding hydrogens is 350 g/mol. The van der Waals surface area contributed by atoms with Crippen LogP contribution >= 0.6 is 0 Å². The van der Waals surface area contributed by atoms with Gasteiger partial charge in [-0.15, -0.1) is 0 Å². The Morgan fingerprint density at radius 1 is 1.11 bits per heavy atom. The van der Waals surface area contributed by atoms with Crippen molar-refractivity contribution in [1.82, 2.24) is 10.3 Å². The number of esters is 1. The number of amides is 2. The molecule has 2 rings (SSSR count). The summed E-state index contributed by atoms with van der Waals surface area (Å²) < 4.78 is 9.98. The monoisotopic (exact) mass is 371 g/mol. The molecule has 2 aromatic rings. The molecule has 0 aliphatic carbocycles. The second-order valence-electron chi connectivity index (χ2n) is 5.68. The Labute approximate surface area is 156 Å². The highest BCUT2D eigenvalue weighted by Gasteiger charge is 2.24. The van der Waals surface area contributed by atoms with Crippen molar-refractivity contribution in [1.29, 1.82) is 0 Å². The van der Waals surface area contributed by atoms with Gasteiger partial charge in [0.05, 0.1) is 14.2 Å². The molecule has 1 aromatic carbocycles. The van der Waals surface area contributed by atoms with Crippen molar-refractivity contribution in [3.05, 3.63) is 53.7 Å². The first kappa shape index (κ1) is 19.9. The maximum absolute atomic E-state index is 12.5. The summed E-state index contributed by atoms with van der Waals surface area (Å²) in [5.41, 5.74) is 1.58. The number of rotatable bonds is 7. The number of carbonyl (C=O) groups excluding carboxylic acids is 3. The van der Waals surface area contributed by atoms with Crippen LogP contribution in [0.5, 0.6) is 5.88 Å². The van der Waals surface area contributed by atoms with Crippen LogP contribution in [-0.4, -0.2) is 43.0 Å². The quantitative estimate of drug-likeness (QED) is 0.716. The summed E-state index contributed by atoms with van der Waals surface area (Å²) in [6.45, 7) is 1.40. The predicted molar refractivity (Wildman–Crippen MR) is 98.5 cm³/mol. The van der Waals surface area contributed by atoms with Gasteiger partial charge in [-0.25, -0.2) is 9.78 Å². The number of hydrogen-bond donors (Lipinski definition) is 2. The highest BCUT2D eigenvalue weighted by Crippen LogP contribution is 2.17. The maximum atomic E-state index is 12.5. The van der Waals surface area contributed by atoms with Crippen LogP contribution in [-0.2, 0) is 20.7 Å². The lowest BCUT2D eigenvalue weighted by molar-refractivity contribution is -0.142. The van der Waals surface area contributed by atoms with E-state index in [4.69, 9.17) is 9.47 Å². The molecule has 0 radical (unpaired) electrons. The second kappa shape index (κ2) is 9.33. The summed E-state index contributed by atoms with van der Waals surface area (Å²) >= 11 is 0. The number of aromatic nitrogens is 1. The van der Waals surface area contributed by atoms with Crippen LogP contribution in [0, 0.1) is 0 Å². The summed E-state index contributed by atoms with van der Waals surface area (Å²) in [4.78, 5) is 39.8. The minimum absolute atomic E-state index is 0.166. The van der Waals surface area contributed by atoms with Gasteiger partial charge in [0.25, 0.3) is 5.91 Å². The second-order valence-corrected chi connectivity index (χ2v) is 5.68. The van der Waals surface area contributed by atoms with Crippen molar-refractivity contribution in [3.8, 4) is 5.88 Å². The Kier molecular flexibility index (Phi) is 6.87. The average Bonchev–Trinajstić information content (AvgIpc) is 2.67. The fraction of sp³-hybridized carbons (Fsp3) is 0.263. The van der Waals surface area contributed by atoms with Crippen LogP contribution in [0.2, 0.25) is 0 Å². The average molecular weight is 371 g/mol. The zero-order valence-corrected chi connectivity index (χ0v) is 15.3. The van der Waals surface area contributed by atoms with Crippen molar-refractivity contribution >= 4 is 23.5 Å². The first-order chi connectivity index (χ1) is 12.9. The molecule has 1 aromatic heterocycles. The Balaban J connectivity index is 2.14. The molecule has 0 saturated carbocycles. The largest absolute Gasteiger partial charge is 0.481 e. The number of pyridine rings is 1. The van der Waals surface area contributed by atoms with Crippen molar-refractivity contribution < 1.29 is 23.9 Å². The third-order valence-corrected chi connectivity index (χ3v) is 3.73. The van der Waals surface area contributed by atoms with Crippen LogP contribution in [0.25, 0.3) is 0 Å². The standard InChI is InChI=1S/C19H21N3O5/c1-12(23)21-15-8-6-13(7-9-15)17(24)22-16(19(25)27-3)11-14-5-4-10-20-18(14)26-2/h4-10,16H,11H2,1-3H3,(H,21,23)(H,22,24)/t16-/m0/s1. The van der Waals surface area contributed by atoms with E-state index in [1.807, 2.05) is 0 Å². The predicted octanol–water partition coefficient (Wildman–Crippen LogP) is 1.56. The summed E-state index contributed by atoms with van der Waals surface area (Å²) in [6, 6.07) is 8.89. The van der Waals surface area contributed by atoms with Crippen LogP contribution < -0.4 is 15.4 Å². The lowest BCUT2D eigenvalue weighted by atomic mass is 10.1. The van der Waals surface area contributed by atoms with Gasteiger partial charge in [0.1, 0.15) is 6.04 Å². The Hall–Kier alpha value is -3.42. The number of benzene rings is 1. The molecule has 0 fully saturated rings. The SMILES string of the molecule is COC(=O)[C@H](Cc1cccnc1OC)NC(=O)c1ccc(NC(C)=O)cc1. The first-order valence-electron chi connectivity index (χ1n) is 8.18. The van der Waals surface area contributed by atoms with Gasteiger partial charge in [0.15, 0.2) is 0 Å². The van der Waals surface area contributed by atoms with Crippen molar-refractivity contribution in [2.24, 2.45) is 0 Å². The summed E-state index contributed by atoms with van der Waals surface area (Å²) in [6.07, 6.45) is 1.74. The molecule has 8 nitrogen and oxygen atoms in total. The summed E-state index contributed by atoms with van der Waals surface area (Å²) in [5.74, 6) is -0.851.